The predicted octanol–water partition coefficient (Wildman–Crippen LogP) is 3.76. The van der Waals surface area contributed by atoms with Crippen LogP contribution < -0.4 is 5.73 Å². The molecule has 0 atom stereocenters. The van der Waals surface area contributed by atoms with Crippen molar-refractivity contribution in [3.05, 3.63) is 30.3 Å². The third-order valence-corrected chi connectivity index (χ3v) is 0.800. The van der Waals surface area contributed by atoms with E-state index in [1.165, 1.54) is 0 Å². The second-order valence-corrected chi connectivity index (χ2v) is 1.51. The van der Waals surface area contributed by atoms with E-state index < -0.39 is 6.93 Å². The summed E-state index contributed by atoms with van der Waals surface area (Å²) in [6, 6.07) is 9.49. The maximum Gasteiger partial charge on any atom is 0.229 e. The Morgan fingerprint density at radius 3 is 1.43 bits per heavy atom. The van der Waals surface area contributed by atoms with Gasteiger partial charge in [0.05, 0.1) is 7.18 Å². The monoisotopic (exact) mass is 209 g/mol. The molecule has 0 unspecified atom stereocenters. The molecule has 0 radical (unpaired) electrons. The zero-order chi connectivity index (χ0) is 11.8. The van der Waals surface area contributed by atoms with Gasteiger partial charge >= 0.3 is 0 Å². The summed E-state index contributed by atoms with van der Waals surface area (Å²) in [6.45, 7) is 2.25. The van der Waals surface area contributed by atoms with Gasteiger partial charge in [0.25, 0.3) is 0 Å². The van der Waals surface area contributed by atoms with Gasteiger partial charge in [0.1, 0.15) is 0 Å². The Morgan fingerprint density at radius 2 is 1.29 bits per heavy atom. The SMILES string of the molecule is CC.CF.FCF.Nc1ccccc1. The van der Waals surface area contributed by atoms with Gasteiger partial charge < -0.3 is 5.73 Å². The van der Waals surface area contributed by atoms with E-state index in [4.69, 9.17) is 5.73 Å². The van der Waals surface area contributed by atoms with E-state index in [1.54, 1.807) is 0 Å². The van der Waals surface area contributed by atoms with Crippen molar-refractivity contribution in [3.8, 4) is 0 Å². The quantitative estimate of drug-likeness (QED) is 0.647. The Labute approximate surface area is 83.7 Å². The van der Waals surface area contributed by atoms with Gasteiger partial charge in [0.2, 0.25) is 6.93 Å². The maximum absolute atomic E-state index is 9.62. The minimum atomic E-state index is -1.75. The average Bonchev–Trinajstić information content (AvgIpc) is 2.26. The van der Waals surface area contributed by atoms with Crippen molar-refractivity contribution in [3.63, 3.8) is 0 Å². The second kappa shape index (κ2) is 22.6. The summed E-state index contributed by atoms with van der Waals surface area (Å²) in [6.07, 6.45) is 0. The smallest absolute Gasteiger partial charge is 0.229 e. The lowest BCUT2D eigenvalue weighted by Gasteiger charge is -1.83. The molecule has 0 saturated carbocycles. The molecule has 0 aromatic heterocycles. The normalized spacial score (nSPS) is 6.43. The number of nitrogen functional groups attached to an aromatic ring is 1. The van der Waals surface area contributed by atoms with E-state index in [1.807, 2.05) is 44.2 Å². The molecule has 14 heavy (non-hydrogen) atoms. The van der Waals surface area contributed by atoms with Crippen molar-refractivity contribution in [1.82, 2.24) is 0 Å². The van der Waals surface area contributed by atoms with E-state index in [0.717, 1.165) is 5.69 Å². The van der Waals surface area contributed by atoms with Crippen LogP contribution in [-0.2, 0) is 0 Å². The van der Waals surface area contributed by atoms with E-state index in [-0.39, 0.29) is 0 Å². The van der Waals surface area contributed by atoms with Crippen molar-refractivity contribution < 1.29 is 13.2 Å². The average molecular weight is 209 g/mol. The molecule has 1 nitrogen and oxygen atoms in total. The van der Waals surface area contributed by atoms with Crippen molar-refractivity contribution in [2.75, 3.05) is 19.8 Å². The van der Waals surface area contributed by atoms with Gasteiger partial charge in [-0.25, -0.2) is 8.78 Å². The molecule has 2 N–H and O–H groups in total. The van der Waals surface area contributed by atoms with Crippen molar-refractivity contribution in [2.45, 2.75) is 13.8 Å². The summed E-state index contributed by atoms with van der Waals surface area (Å²) < 4.78 is 28.8. The van der Waals surface area contributed by atoms with Gasteiger partial charge in [-0.3, -0.25) is 4.39 Å². The molecule has 1 aromatic rings. The topological polar surface area (TPSA) is 26.0 Å². The third kappa shape index (κ3) is 22.4. The summed E-state index contributed by atoms with van der Waals surface area (Å²) in [5.74, 6) is 0. The van der Waals surface area contributed by atoms with Crippen molar-refractivity contribution in [1.29, 1.82) is 0 Å². The molecule has 0 spiro atoms. The van der Waals surface area contributed by atoms with E-state index in [2.05, 4.69) is 0 Å². The lowest BCUT2D eigenvalue weighted by Crippen LogP contribution is -1.79. The molecule has 4 heteroatoms. The van der Waals surface area contributed by atoms with Crippen LogP contribution in [0.5, 0.6) is 0 Å². The van der Waals surface area contributed by atoms with Crippen LogP contribution in [0.3, 0.4) is 0 Å². The minimum absolute atomic E-state index is 0.500. The molecular formula is C10H18F3N. The number of hydrogen-bond acceptors (Lipinski definition) is 1. The molecular weight excluding hydrogens is 191 g/mol. The summed E-state index contributed by atoms with van der Waals surface area (Å²) in [7, 11) is 0.500. The molecule has 1 aromatic carbocycles. The highest BCUT2D eigenvalue weighted by Crippen LogP contribution is 1.95. The van der Waals surface area contributed by atoms with Gasteiger partial charge in [-0.2, -0.15) is 0 Å². The number of nitrogens with two attached hydrogens (primary N) is 1. The Hall–Kier alpha value is -1.19. The Kier molecular flexibility index (Phi) is 30.0. The fourth-order valence-electron chi connectivity index (χ4n) is 0.453. The zero-order valence-corrected chi connectivity index (χ0v) is 8.81. The predicted molar refractivity (Wildman–Crippen MR) is 56.3 cm³/mol. The summed E-state index contributed by atoms with van der Waals surface area (Å²) in [5, 5.41) is 0. The largest absolute Gasteiger partial charge is 0.399 e. The fourth-order valence-corrected chi connectivity index (χ4v) is 0.453. The third-order valence-electron chi connectivity index (χ3n) is 0.800. The first-order valence-electron chi connectivity index (χ1n) is 4.11. The zero-order valence-electron chi connectivity index (χ0n) is 8.81. The number of benzene rings is 1. The summed E-state index contributed by atoms with van der Waals surface area (Å²) in [4.78, 5) is 0. The molecule has 0 saturated heterocycles. The van der Waals surface area contributed by atoms with Gasteiger partial charge in [0, 0.05) is 5.69 Å². The van der Waals surface area contributed by atoms with E-state index >= 15 is 0 Å². The maximum atomic E-state index is 9.62. The molecule has 0 heterocycles. The van der Waals surface area contributed by atoms with Gasteiger partial charge in [-0.05, 0) is 12.1 Å². The standard InChI is InChI=1S/C6H7N.C2H6.CH2F2.CH3F/c7-6-4-2-1-3-5-6;1-2;2-1-3;1-2/h1-5H,7H2;1-2H3;1H2;1H3. The highest BCUT2D eigenvalue weighted by molar-refractivity contribution is 5.35. The van der Waals surface area contributed by atoms with Gasteiger partial charge in [-0.1, -0.05) is 32.0 Å². The first kappa shape index (κ1) is 18.6. The van der Waals surface area contributed by atoms with Crippen LogP contribution >= 0.6 is 0 Å². The van der Waals surface area contributed by atoms with Crippen LogP contribution in [0.15, 0.2) is 30.3 Å². The molecule has 0 amide bonds. The summed E-state index contributed by atoms with van der Waals surface area (Å²) >= 11 is 0. The number of alkyl halides is 3. The van der Waals surface area contributed by atoms with E-state index in [0.29, 0.717) is 7.18 Å². The number of anilines is 1. The highest BCUT2D eigenvalue weighted by Gasteiger charge is 1.72. The summed E-state index contributed by atoms with van der Waals surface area (Å²) in [5.41, 5.74) is 6.18. The highest BCUT2D eigenvalue weighted by atomic mass is 19.3. The second-order valence-electron chi connectivity index (χ2n) is 1.51. The number of halogens is 3. The number of para-hydroxylation sites is 1. The lowest BCUT2D eigenvalue weighted by atomic mass is 10.3. The number of rotatable bonds is 0. The molecule has 0 aliphatic rings. The van der Waals surface area contributed by atoms with Crippen LogP contribution in [0, 0.1) is 0 Å². The number of hydrogen-bond donors (Lipinski definition) is 1. The van der Waals surface area contributed by atoms with Crippen molar-refractivity contribution >= 4 is 5.69 Å². The van der Waals surface area contributed by atoms with Crippen LogP contribution in [0.2, 0.25) is 0 Å². The first-order valence-corrected chi connectivity index (χ1v) is 4.11. The Morgan fingerprint density at radius 1 is 1.00 bits per heavy atom. The van der Waals surface area contributed by atoms with Gasteiger partial charge in [-0.15, -0.1) is 0 Å². The van der Waals surface area contributed by atoms with Crippen molar-refractivity contribution in [2.24, 2.45) is 0 Å². The molecule has 0 aliphatic heterocycles. The van der Waals surface area contributed by atoms with Crippen LogP contribution in [-0.4, -0.2) is 14.1 Å². The van der Waals surface area contributed by atoms with Gasteiger partial charge in [0.15, 0.2) is 0 Å². The first-order chi connectivity index (χ1) is 6.81. The molecule has 0 bridgehead atoms. The minimum Gasteiger partial charge on any atom is -0.399 e. The lowest BCUT2D eigenvalue weighted by molar-refractivity contribution is 0.295. The van der Waals surface area contributed by atoms with Crippen LogP contribution in [0.25, 0.3) is 0 Å². The Balaban J connectivity index is -0.000000148. The van der Waals surface area contributed by atoms with Crippen LogP contribution in [0.4, 0.5) is 18.9 Å². The Bertz CT molecular complexity index is 157. The molecule has 84 valence electrons. The van der Waals surface area contributed by atoms with E-state index in [9.17, 15) is 13.2 Å². The molecule has 0 fully saturated rings. The molecule has 0 aliphatic carbocycles. The fraction of sp³-hybridized carbons (Fsp3) is 0.400. The van der Waals surface area contributed by atoms with Crippen LogP contribution in [0.1, 0.15) is 13.8 Å². The molecule has 1 rings (SSSR count).